The molecule has 2 aromatic carbocycles. The monoisotopic (exact) mass is 355 g/mol. The average Bonchev–Trinajstić information content (AvgIpc) is 2.63. The highest BCUT2D eigenvalue weighted by atomic mass is 19.1. The minimum Gasteiger partial charge on any atom is -0.381 e. The molecule has 0 spiro atoms. The number of hydrogen-bond acceptors (Lipinski definition) is 3. The van der Waals surface area contributed by atoms with Gasteiger partial charge >= 0.3 is 0 Å². The van der Waals surface area contributed by atoms with Crippen molar-refractivity contribution in [2.45, 2.75) is 25.4 Å². The molecule has 3 rings (SSSR count). The Morgan fingerprint density at radius 1 is 1.19 bits per heavy atom. The highest BCUT2D eigenvalue weighted by molar-refractivity contribution is 5.95. The maximum absolute atomic E-state index is 13.1. The van der Waals surface area contributed by atoms with Gasteiger partial charge in [0.1, 0.15) is 5.82 Å². The Bertz CT molecular complexity index is 745. The zero-order valence-corrected chi connectivity index (χ0v) is 15.4. The first-order valence-electron chi connectivity index (χ1n) is 9.07. The molecule has 1 N–H and O–H groups in total. The highest BCUT2D eigenvalue weighted by Gasteiger charge is 2.25. The second-order valence-corrected chi connectivity index (χ2v) is 7.14. The summed E-state index contributed by atoms with van der Waals surface area (Å²) < 4.78 is 13.1. The number of halogens is 1. The van der Waals surface area contributed by atoms with Crippen LogP contribution in [0, 0.1) is 5.82 Å². The fraction of sp³-hybridized carbons (Fsp3) is 0.381. The molecular formula is C21H26FN3O. The van der Waals surface area contributed by atoms with Gasteiger partial charge < -0.3 is 15.1 Å². The van der Waals surface area contributed by atoms with E-state index in [2.05, 4.69) is 10.2 Å². The summed E-state index contributed by atoms with van der Waals surface area (Å²) in [7, 11) is 4.01. The summed E-state index contributed by atoms with van der Waals surface area (Å²) >= 11 is 0. The topological polar surface area (TPSA) is 35.6 Å². The lowest BCUT2D eigenvalue weighted by Crippen LogP contribution is -2.45. The maximum Gasteiger partial charge on any atom is 0.254 e. The highest BCUT2D eigenvalue weighted by Crippen LogP contribution is 2.20. The molecular weight excluding hydrogens is 329 g/mol. The Labute approximate surface area is 154 Å². The Hall–Kier alpha value is -2.40. The van der Waals surface area contributed by atoms with Crippen LogP contribution in [-0.2, 0) is 6.54 Å². The standard InChI is InChI=1S/C21H26FN3O/c1-24(2)14-16-6-3-4-8-20(16)21(26)25-13-5-7-19(15-25)23-18-11-9-17(22)10-12-18/h3-4,6,8-12,19,23H,5,7,13-15H2,1-2H3/t19-/m0/s1. The van der Waals surface area contributed by atoms with Crippen LogP contribution in [0.2, 0.25) is 0 Å². The van der Waals surface area contributed by atoms with Gasteiger partial charge in [0.15, 0.2) is 0 Å². The molecule has 1 atom stereocenters. The third-order valence-electron chi connectivity index (χ3n) is 4.66. The van der Waals surface area contributed by atoms with Crippen LogP contribution in [-0.4, -0.2) is 48.9 Å². The van der Waals surface area contributed by atoms with Gasteiger partial charge in [0.2, 0.25) is 0 Å². The minimum absolute atomic E-state index is 0.0908. The van der Waals surface area contributed by atoms with Gasteiger partial charge in [-0.05, 0) is 62.8 Å². The van der Waals surface area contributed by atoms with E-state index in [-0.39, 0.29) is 17.8 Å². The lowest BCUT2D eigenvalue weighted by Gasteiger charge is -2.34. The lowest BCUT2D eigenvalue weighted by atomic mass is 10.0. The molecule has 5 heteroatoms. The Balaban J connectivity index is 1.69. The molecule has 0 unspecified atom stereocenters. The Morgan fingerprint density at radius 2 is 1.92 bits per heavy atom. The minimum atomic E-state index is -0.242. The second kappa shape index (κ2) is 8.32. The van der Waals surface area contributed by atoms with Crippen LogP contribution in [0.1, 0.15) is 28.8 Å². The van der Waals surface area contributed by atoms with Crippen LogP contribution in [0.15, 0.2) is 48.5 Å². The molecule has 1 saturated heterocycles. The van der Waals surface area contributed by atoms with Crippen molar-refractivity contribution in [3.8, 4) is 0 Å². The third kappa shape index (κ3) is 4.61. The number of nitrogens with one attached hydrogen (secondary N) is 1. The first-order valence-corrected chi connectivity index (χ1v) is 9.07. The van der Waals surface area contributed by atoms with E-state index < -0.39 is 0 Å². The van der Waals surface area contributed by atoms with Gasteiger partial charge in [-0.15, -0.1) is 0 Å². The van der Waals surface area contributed by atoms with E-state index in [1.165, 1.54) is 12.1 Å². The summed E-state index contributed by atoms with van der Waals surface area (Å²) in [5.74, 6) is -0.151. The normalized spacial score (nSPS) is 17.4. The van der Waals surface area contributed by atoms with E-state index in [1.54, 1.807) is 12.1 Å². The molecule has 0 aliphatic carbocycles. The zero-order valence-electron chi connectivity index (χ0n) is 15.4. The fourth-order valence-electron chi connectivity index (χ4n) is 3.44. The molecule has 1 aliphatic heterocycles. The van der Waals surface area contributed by atoms with Crippen molar-refractivity contribution in [2.75, 3.05) is 32.5 Å². The number of likely N-dealkylation sites (tertiary alicyclic amines) is 1. The van der Waals surface area contributed by atoms with Gasteiger partial charge in [-0.3, -0.25) is 4.79 Å². The number of anilines is 1. The lowest BCUT2D eigenvalue weighted by molar-refractivity contribution is 0.0713. The Kier molecular flexibility index (Phi) is 5.89. The van der Waals surface area contributed by atoms with E-state index >= 15 is 0 Å². The van der Waals surface area contributed by atoms with Gasteiger partial charge in [-0.25, -0.2) is 4.39 Å². The van der Waals surface area contributed by atoms with Gasteiger partial charge in [0, 0.05) is 36.9 Å². The maximum atomic E-state index is 13.1. The number of piperidine rings is 1. The predicted octanol–water partition coefficient (Wildman–Crippen LogP) is 3.60. The van der Waals surface area contributed by atoms with E-state index in [0.717, 1.165) is 42.7 Å². The molecule has 1 fully saturated rings. The van der Waals surface area contributed by atoms with E-state index in [0.29, 0.717) is 6.54 Å². The number of rotatable bonds is 5. The van der Waals surface area contributed by atoms with Crippen LogP contribution in [0.25, 0.3) is 0 Å². The first kappa shape index (κ1) is 18.4. The molecule has 1 heterocycles. The van der Waals surface area contributed by atoms with Crippen LogP contribution in [0.4, 0.5) is 10.1 Å². The quantitative estimate of drug-likeness (QED) is 0.890. The number of carbonyl (C=O) groups excluding carboxylic acids is 1. The summed E-state index contributed by atoms with van der Waals surface area (Å²) in [5, 5.41) is 3.42. The van der Waals surface area contributed by atoms with Gasteiger partial charge in [-0.2, -0.15) is 0 Å². The van der Waals surface area contributed by atoms with Crippen molar-refractivity contribution >= 4 is 11.6 Å². The molecule has 0 aromatic heterocycles. The van der Waals surface area contributed by atoms with Crippen molar-refractivity contribution in [3.63, 3.8) is 0 Å². The summed E-state index contributed by atoms with van der Waals surface area (Å²) in [6, 6.07) is 14.4. The number of hydrogen-bond donors (Lipinski definition) is 1. The Morgan fingerprint density at radius 3 is 2.65 bits per heavy atom. The fourth-order valence-corrected chi connectivity index (χ4v) is 3.44. The SMILES string of the molecule is CN(C)Cc1ccccc1C(=O)N1CCC[C@H](Nc2ccc(F)cc2)C1. The van der Waals surface area contributed by atoms with E-state index in [4.69, 9.17) is 0 Å². The molecule has 0 bridgehead atoms. The molecule has 1 amide bonds. The average molecular weight is 355 g/mol. The van der Waals surface area contributed by atoms with E-state index in [9.17, 15) is 9.18 Å². The van der Waals surface area contributed by atoms with Crippen molar-refractivity contribution < 1.29 is 9.18 Å². The van der Waals surface area contributed by atoms with Crippen LogP contribution in [0.5, 0.6) is 0 Å². The predicted molar refractivity (Wildman–Crippen MR) is 103 cm³/mol. The molecule has 4 nitrogen and oxygen atoms in total. The van der Waals surface area contributed by atoms with Crippen LogP contribution >= 0.6 is 0 Å². The van der Waals surface area contributed by atoms with Crippen LogP contribution < -0.4 is 5.32 Å². The molecule has 0 saturated carbocycles. The van der Waals surface area contributed by atoms with Crippen molar-refractivity contribution in [1.82, 2.24) is 9.80 Å². The number of nitrogens with zero attached hydrogens (tertiary/aromatic N) is 2. The van der Waals surface area contributed by atoms with Gasteiger partial charge in [-0.1, -0.05) is 18.2 Å². The van der Waals surface area contributed by atoms with Crippen LogP contribution in [0.3, 0.4) is 0 Å². The number of carbonyl (C=O) groups is 1. The number of benzene rings is 2. The summed E-state index contributed by atoms with van der Waals surface area (Å²) in [6.45, 7) is 2.18. The molecule has 2 aromatic rings. The molecule has 1 aliphatic rings. The summed E-state index contributed by atoms with van der Waals surface area (Å²) in [5.41, 5.74) is 2.72. The van der Waals surface area contributed by atoms with Gasteiger partial charge in [0.25, 0.3) is 5.91 Å². The smallest absolute Gasteiger partial charge is 0.254 e. The number of amides is 1. The van der Waals surface area contributed by atoms with Crippen molar-refractivity contribution in [1.29, 1.82) is 0 Å². The molecule has 138 valence electrons. The first-order chi connectivity index (χ1) is 12.5. The second-order valence-electron chi connectivity index (χ2n) is 7.14. The van der Waals surface area contributed by atoms with Gasteiger partial charge in [0.05, 0.1) is 0 Å². The zero-order chi connectivity index (χ0) is 18.5. The summed E-state index contributed by atoms with van der Waals surface area (Å²) in [6.07, 6.45) is 1.96. The van der Waals surface area contributed by atoms with E-state index in [1.807, 2.05) is 43.3 Å². The molecule has 26 heavy (non-hydrogen) atoms. The van der Waals surface area contributed by atoms with Crippen molar-refractivity contribution in [3.05, 3.63) is 65.5 Å². The molecule has 0 radical (unpaired) electrons. The largest absolute Gasteiger partial charge is 0.381 e. The van der Waals surface area contributed by atoms with Crippen molar-refractivity contribution in [2.24, 2.45) is 0 Å². The summed E-state index contributed by atoms with van der Waals surface area (Å²) in [4.78, 5) is 17.1. The third-order valence-corrected chi connectivity index (χ3v) is 4.66.